The van der Waals surface area contributed by atoms with Gasteiger partial charge in [-0.25, -0.2) is 4.79 Å². The molecule has 0 aliphatic rings. The zero-order valence-electron chi connectivity index (χ0n) is 14.3. The lowest BCUT2D eigenvalue weighted by Crippen LogP contribution is -2.53. The summed E-state index contributed by atoms with van der Waals surface area (Å²) in [5, 5.41) is 13.6. The zero-order chi connectivity index (χ0) is 21.3. The summed E-state index contributed by atoms with van der Waals surface area (Å²) in [5.41, 5.74) is -2.27. The van der Waals surface area contributed by atoms with Crippen molar-refractivity contribution in [3.63, 3.8) is 0 Å². The smallest absolute Gasteiger partial charge is 0.350 e. The highest BCUT2D eigenvalue weighted by atomic mass is 79.9. The number of nitrogens with one attached hydrogen (secondary N) is 2. The maximum Gasteiger partial charge on any atom is 0.455 e. The first kappa shape index (κ1) is 22.3. The molecule has 11 heteroatoms. The van der Waals surface area contributed by atoms with Gasteiger partial charge in [0.05, 0.1) is 11.3 Å². The first-order valence-corrected chi connectivity index (χ1v) is 8.76. The lowest BCUT2D eigenvalue weighted by atomic mass is 9.95. The summed E-state index contributed by atoms with van der Waals surface area (Å²) >= 11 is 3.17. The van der Waals surface area contributed by atoms with E-state index in [1.807, 2.05) is 5.32 Å². The number of carbonyl (C=O) groups excluding carboxylic acids is 1. The maximum atomic E-state index is 14.5. The minimum Gasteiger partial charge on any atom is -0.350 e. The molecule has 0 aliphatic heterocycles. The van der Waals surface area contributed by atoms with Crippen LogP contribution in [-0.2, 0) is 5.92 Å². The number of hydrogen-bond acceptors (Lipinski definition) is 2. The van der Waals surface area contributed by atoms with Gasteiger partial charge in [-0.1, -0.05) is 47.1 Å². The number of anilines is 1. The molecule has 0 spiro atoms. The number of benzene rings is 2. The van der Waals surface area contributed by atoms with Crippen LogP contribution in [0.25, 0.3) is 10.8 Å². The molecule has 4 nitrogen and oxygen atoms in total. The molecule has 1 atom stereocenters. The molecule has 3 N–H and O–H groups in total. The summed E-state index contributed by atoms with van der Waals surface area (Å²) in [7, 11) is 0. The second kappa shape index (κ2) is 7.78. The van der Waals surface area contributed by atoms with Crippen molar-refractivity contribution in [3.05, 3.63) is 40.4 Å². The predicted molar refractivity (Wildman–Crippen MR) is 95.0 cm³/mol. The van der Waals surface area contributed by atoms with Gasteiger partial charge in [-0.15, -0.1) is 0 Å². The molecule has 0 heterocycles. The van der Waals surface area contributed by atoms with Gasteiger partial charge in [0.1, 0.15) is 0 Å². The fourth-order valence-corrected chi connectivity index (χ4v) is 2.97. The summed E-state index contributed by atoms with van der Waals surface area (Å²) in [6.45, 7) is 1.89. The van der Waals surface area contributed by atoms with E-state index in [4.69, 9.17) is 5.11 Å². The van der Waals surface area contributed by atoms with E-state index in [9.17, 15) is 31.1 Å². The van der Waals surface area contributed by atoms with E-state index >= 15 is 0 Å². The number of halogens is 7. The minimum atomic E-state index is -6.27. The Morgan fingerprint density at radius 2 is 1.71 bits per heavy atom. The van der Waals surface area contributed by atoms with Gasteiger partial charge in [0, 0.05) is 16.4 Å². The maximum absolute atomic E-state index is 14.5. The largest absolute Gasteiger partial charge is 0.455 e. The van der Waals surface area contributed by atoms with Crippen molar-refractivity contribution in [1.82, 2.24) is 5.32 Å². The third-order valence-corrected chi connectivity index (χ3v) is 4.60. The van der Waals surface area contributed by atoms with Crippen LogP contribution < -0.4 is 10.6 Å². The molecule has 0 radical (unpaired) electrons. The zero-order valence-corrected chi connectivity index (χ0v) is 15.9. The SMILES string of the molecule is CCCNC(=O)Nc1c(C(F)(F)C(O)(F)C(F)(F)F)ccc2c(Br)cccc12. The van der Waals surface area contributed by atoms with Gasteiger partial charge in [-0.3, -0.25) is 0 Å². The Balaban J connectivity index is 2.72. The molecule has 1 unspecified atom stereocenters. The highest BCUT2D eigenvalue weighted by molar-refractivity contribution is 9.10. The predicted octanol–water partition coefficient (Wildman–Crippen LogP) is 5.45. The van der Waals surface area contributed by atoms with Gasteiger partial charge < -0.3 is 15.7 Å². The second-order valence-corrected chi connectivity index (χ2v) is 6.75. The van der Waals surface area contributed by atoms with Crippen molar-refractivity contribution in [2.24, 2.45) is 0 Å². The second-order valence-electron chi connectivity index (χ2n) is 5.90. The minimum absolute atomic E-state index is 0.0730. The van der Waals surface area contributed by atoms with Gasteiger partial charge in [0.15, 0.2) is 0 Å². The molecular weight excluding hydrogens is 458 g/mol. The average Bonchev–Trinajstić information content (AvgIpc) is 2.59. The standard InChI is InChI=1S/C17H15BrF6N2O2/c1-2-8-25-14(27)26-13-10-4-3-5-12(18)9(10)6-7-11(13)15(19,20)16(21,28)17(22,23)24/h3-7,28H,2,8H2,1H3,(H2,25,26,27). The molecule has 0 fully saturated rings. The quantitative estimate of drug-likeness (QED) is 0.507. The Labute approximate surface area is 164 Å². The average molecular weight is 473 g/mol. The van der Waals surface area contributed by atoms with Crippen LogP contribution in [0.5, 0.6) is 0 Å². The van der Waals surface area contributed by atoms with Crippen molar-refractivity contribution in [2.45, 2.75) is 31.3 Å². The van der Waals surface area contributed by atoms with Crippen LogP contribution in [0.1, 0.15) is 18.9 Å². The molecule has 0 aromatic heterocycles. The monoisotopic (exact) mass is 472 g/mol. The highest BCUT2D eigenvalue weighted by Gasteiger charge is 2.72. The number of alkyl halides is 6. The first-order chi connectivity index (χ1) is 12.8. The van der Waals surface area contributed by atoms with Gasteiger partial charge in [0.25, 0.3) is 0 Å². The number of carbonyl (C=O) groups is 1. The normalized spacial score (nSPS) is 14.6. The fourth-order valence-electron chi connectivity index (χ4n) is 2.47. The van der Waals surface area contributed by atoms with E-state index in [1.165, 1.54) is 12.1 Å². The van der Waals surface area contributed by atoms with E-state index in [0.29, 0.717) is 17.0 Å². The van der Waals surface area contributed by atoms with Crippen LogP contribution in [0.3, 0.4) is 0 Å². The fraction of sp³-hybridized carbons (Fsp3) is 0.353. The molecule has 2 amide bonds. The molecule has 28 heavy (non-hydrogen) atoms. The molecule has 2 aromatic carbocycles. The van der Waals surface area contributed by atoms with E-state index in [1.54, 1.807) is 13.0 Å². The Morgan fingerprint density at radius 1 is 1.07 bits per heavy atom. The number of urea groups is 1. The Morgan fingerprint density at radius 3 is 2.29 bits per heavy atom. The van der Waals surface area contributed by atoms with Crippen molar-refractivity contribution >= 4 is 38.4 Å². The molecule has 0 saturated carbocycles. The summed E-state index contributed by atoms with van der Waals surface area (Å²) in [6, 6.07) is 4.79. The molecule has 0 bridgehead atoms. The molecular formula is C17H15BrF6N2O2. The van der Waals surface area contributed by atoms with Crippen LogP contribution in [0.2, 0.25) is 0 Å². The topological polar surface area (TPSA) is 61.4 Å². The van der Waals surface area contributed by atoms with Crippen LogP contribution >= 0.6 is 15.9 Å². The highest BCUT2D eigenvalue weighted by Crippen LogP contribution is 2.52. The third-order valence-electron chi connectivity index (χ3n) is 3.91. The van der Waals surface area contributed by atoms with Gasteiger partial charge in [-0.05, 0) is 17.9 Å². The summed E-state index contributed by atoms with van der Waals surface area (Å²) in [5.74, 6) is -11.3. The third kappa shape index (κ3) is 3.90. The Bertz CT molecular complexity index is 886. The van der Waals surface area contributed by atoms with Crippen molar-refractivity contribution in [2.75, 3.05) is 11.9 Å². The Hall–Kier alpha value is -2.01. The number of fused-ring (bicyclic) bond motifs is 1. The molecule has 2 aromatic rings. The van der Waals surface area contributed by atoms with Crippen LogP contribution in [0, 0.1) is 0 Å². The molecule has 0 aliphatic carbocycles. The van der Waals surface area contributed by atoms with Crippen LogP contribution in [0.4, 0.5) is 36.8 Å². The molecule has 2 rings (SSSR count). The van der Waals surface area contributed by atoms with E-state index < -0.39 is 35.2 Å². The number of hydrogen-bond donors (Lipinski definition) is 3. The summed E-state index contributed by atoms with van der Waals surface area (Å²) in [6.07, 6.45) is -5.76. The number of aliphatic hydroxyl groups is 1. The van der Waals surface area contributed by atoms with Gasteiger partial charge >= 0.3 is 24.0 Å². The molecule has 0 saturated heterocycles. The summed E-state index contributed by atoms with van der Waals surface area (Å²) in [4.78, 5) is 12.0. The van der Waals surface area contributed by atoms with E-state index in [0.717, 1.165) is 6.07 Å². The van der Waals surface area contributed by atoms with Crippen molar-refractivity contribution < 1.29 is 36.2 Å². The van der Waals surface area contributed by atoms with Crippen LogP contribution in [-0.4, -0.2) is 29.7 Å². The van der Waals surface area contributed by atoms with E-state index in [2.05, 4.69) is 21.2 Å². The van der Waals surface area contributed by atoms with Gasteiger partial charge in [0.2, 0.25) is 0 Å². The number of rotatable bonds is 5. The summed E-state index contributed by atoms with van der Waals surface area (Å²) < 4.78 is 81.4. The lowest BCUT2D eigenvalue weighted by Gasteiger charge is -2.32. The first-order valence-electron chi connectivity index (χ1n) is 7.97. The van der Waals surface area contributed by atoms with Crippen molar-refractivity contribution in [1.29, 1.82) is 0 Å². The Kier molecular flexibility index (Phi) is 6.19. The molecule has 154 valence electrons. The number of amides is 2. The lowest BCUT2D eigenvalue weighted by molar-refractivity contribution is -0.390. The van der Waals surface area contributed by atoms with Gasteiger partial charge in [-0.2, -0.15) is 26.3 Å². The van der Waals surface area contributed by atoms with Crippen LogP contribution in [0.15, 0.2) is 34.8 Å². The van der Waals surface area contributed by atoms with Crippen molar-refractivity contribution in [3.8, 4) is 0 Å². The van der Waals surface area contributed by atoms with E-state index in [-0.39, 0.29) is 17.3 Å².